The fourth-order valence-corrected chi connectivity index (χ4v) is 4.87. The Hall–Kier alpha value is -1.65. The number of hydrogen-bond donors (Lipinski definition) is 2. The molecule has 0 bridgehead atoms. The fraction of sp³-hybridized carbons (Fsp3) is 0.625. The standard InChI is InChI=1S/C16H26N4O4S2/c1-3-24-15(21)13-6-4-10-20(12-13)16(17-2)18-8-9-19-26(22,23)14-7-5-11-25-14/h5,7,11,13,19H,3-4,6,8-10,12H2,1-2H3,(H,17,18). The highest BCUT2D eigenvalue weighted by Gasteiger charge is 2.28. The quantitative estimate of drug-likeness (QED) is 0.304. The third kappa shape index (κ3) is 5.68. The summed E-state index contributed by atoms with van der Waals surface area (Å²) >= 11 is 1.18. The summed E-state index contributed by atoms with van der Waals surface area (Å²) in [5.41, 5.74) is 0. The lowest BCUT2D eigenvalue weighted by molar-refractivity contribution is -0.149. The monoisotopic (exact) mass is 402 g/mol. The lowest BCUT2D eigenvalue weighted by Crippen LogP contribution is -2.49. The molecule has 0 amide bonds. The molecule has 0 saturated carbocycles. The third-order valence-electron chi connectivity index (χ3n) is 4.01. The Labute approximate surface area is 158 Å². The van der Waals surface area contributed by atoms with Crippen molar-refractivity contribution in [3.63, 3.8) is 0 Å². The summed E-state index contributed by atoms with van der Waals surface area (Å²) < 4.78 is 32.1. The van der Waals surface area contributed by atoms with Crippen LogP contribution in [0.3, 0.4) is 0 Å². The van der Waals surface area contributed by atoms with E-state index in [9.17, 15) is 13.2 Å². The predicted octanol–water partition coefficient (Wildman–Crippen LogP) is 0.877. The van der Waals surface area contributed by atoms with E-state index in [0.29, 0.717) is 29.9 Å². The number of guanidine groups is 1. The van der Waals surface area contributed by atoms with Crippen molar-refractivity contribution in [1.29, 1.82) is 0 Å². The van der Waals surface area contributed by atoms with E-state index in [4.69, 9.17) is 4.74 Å². The Morgan fingerprint density at radius 1 is 1.46 bits per heavy atom. The van der Waals surface area contributed by atoms with Gasteiger partial charge >= 0.3 is 5.97 Å². The van der Waals surface area contributed by atoms with Crippen LogP contribution in [0.5, 0.6) is 0 Å². The summed E-state index contributed by atoms with van der Waals surface area (Å²) in [7, 11) is -1.79. The van der Waals surface area contributed by atoms with Gasteiger partial charge in [0.1, 0.15) is 4.21 Å². The van der Waals surface area contributed by atoms with Crippen molar-refractivity contribution in [3.05, 3.63) is 17.5 Å². The van der Waals surface area contributed by atoms with Gasteiger partial charge in [-0.05, 0) is 31.2 Å². The number of aliphatic imine (C=N–C) groups is 1. The van der Waals surface area contributed by atoms with Gasteiger partial charge < -0.3 is 15.0 Å². The molecule has 2 rings (SSSR count). The molecule has 10 heteroatoms. The van der Waals surface area contributed by atoms with Crippen molar-refractivity contribution >= 4 is 33.3 Å². The molecule has 146 valence electrons. The van der Waals surface area contributed by atoms with Crippen LogP contribution in [-0.4, -0.2) is 65.1 Å². The lowest BCUT2D eigenvalue weighted by atomic mass is 9.98. The molecule has 2 heterocycles. The van der Waals surface area contributed by atoms with Crippen molar-refractivity contribution in [2.24, 2.45) is 10.9 Å². The molecule has 1 aromatic rings. The number of sulfonamides is 1. The molecule has 1 fully saturated rings. The number of carbonyl (C=O) groups excluding carboxylic acids is 1. The number of rotatable bonds is 7. The van der Waals surface area contributed by atoms with E-state index in [2.05, 4.69) is 15.0 Å². The molecular formula is C16H26N4O4S2. The van der Waals surface area contributed by atoms with Gasteiger partial charge in [0.2, 0.25) is 10.0 Å². The SMILES string of the molecule is CCOC(=O)C1CCCN(C(=NC)NCCNS(=O)(=O)c2cccs2)C1. The number of nitrogens with zero attached hydrogens (tertiary/aromatic N) is 2. The van der Waals surface area contributed by atoms with Gasteiger partial charge in [-0.15, -0.1) is 11.3 Å². The van der Waals surface area contributed by atoms with E-state index in [0.717, 1.165) is 19.4 Å². The summed E-state index contributed by atoms with van der Waals surface area (Å²) in [6.45, 7) is 4.19. The second-order valence-corrected chi connectivity index (χ2v) is 8.78. The largest absolute Gasteiger partial charge is 0.466 e. The number of esters is 1. The van der Waals surface area contributed by atoms with Crippen LogP contribution in [-0.2, 0) is 19.6 Å². The molecular weight excluding hydrogens is 376 g/mol. The van der Waals surface area contributed by atoms with Crippen LogP contribution in [0.15, 0.2) is 26.7 Å². The van der Waals surface area contributed by atoms with Gasteiger partial charge in [0.25, 0.3) is 0 Å². The zero-order valence-corrected chi connectivity index (χ0v) is 16.7. The summed E-state index contributed by atoms with van der Waals surface area (Å²) in [6, 6.07) is 3.28. The summed E-state index contributed by atoms with van der Waals surface area (Å²) in [5, 5.41) is 4.88. The van der Waals surface area contributed by atoms with Crippen molar-refractivity contribution < 1.29 is 17.9 Å². The molecule has 1 atom stereocenters. The Kier molecular flexibility index (Phi) is 7.85. The molecule has 1 aliphatic rings. The van der Waals surface area contributed by atoms with Crippen LogP contribution in [0.25, 0.3) is 0 Å². The van der Waals surface area contributed by atoms with Gasteiger partial charge in [0.05, 0.1) is 12.5 Å². The van der Waals surface area contributed by atoms with Crippen LogP contribution in [0, 0.1) is 5.92 Å². The number of thiophene rings is 1. The molecule has 1 aromatic heterocycles. The molecule has 0 aliphatic carbocycles. The Morgan fingerprint density at radius 3 is 2.92 bits per heavy atom. The minimum atomic E-state index is -3.46. The highest BCUT2D eigenvalue weighted by molar-refractivity contribution is 7.91. The summed E-state index contributed by atoms with van der Waals surface area (Å²) in [6.07, 6.45) is 1.70. The zero-order chi connectivity index (χ0) is 19.0. The maximum absolute atomic E-state index is 12.1. The molecule has 26 heavy (non-hydrogen) atoms. The molecule has 1 unspecified atom stereocenters. The van der Waals surface area contributed by atoms with Crippen molar-refractivity contribution in [1.82, 2.24) is 14.9 Å². The molecule has 1 aliphatic heterocycles. The van der Waals surface area contributed by atoms with Gasteiger partial charge in [-0.25, -0.2) is 13.1 Å². The van der Waals surface area contributed by atoms with Gasteiger partial charge in [-0.1, -0.05) is 6.07 Å². The average molecular weight is 403 g/mol. The smallest absolute Gasteiger partial charge is 0.310 e. The topological polar surface area (TPSA) is 100 Å². The second-order valence-electron chi connectivity index (χ2n) is 5.84. The molecule has 8 nitrogen and oxygen atoms in total. The first kappa shape index (κ1) is 20.7. The van der Waals surface area contributed by atoms with Crippen LogP contribution < -0.4 is 10.0 Å². The van der Waals surface area contributed by atoms with Gasteiger partial charge in [-0.3, -0.25) is 9.79 Å². The third-order valence-corrected chi connectivity index (χ3v) is 6.87. The van der Waals surface area contributed by atoms with Crippen molar-refractivity contribution in [2.45, 2.75) is 24.0 Å². The fourth-order valence-electron chi connectivity index (χ4n) is 2.80. The van der Waals surface area contributed by atoms with Crippen LogP contribution in [0.2, 0.25) is 0 Å². The number of nitrogens with one attached hydrogen (secondary N) is 2. The minimum Gasteiger partial charge on any atom is -0.466 e. The maximum Gasteiger partial charge on any atom is 0.310 e. The van der Waals surface area contributed by atoms with E-state index in [1.807, 2.05) is 4.90 Å². The number of carbonyl (C=O) groups is 1. The maximum atomic E-state index is 12.1. The van der Waals surface area contributed by atoms with Crippen molar-refractivity contribution in [3.8, 4) is 0 Å². The van der Waals surface area contributed by atoms with E-state index < -0.39 is 10.0 Å². The first-order valence-electron chi connectivity index (χ1n) is 8.63. The van der Waals surface area contributed by atoms with Crippen LogP contribution >= 0.6 is 11.3 Å². The van der Waals surface area contributed by atoms with Crippen LogP contribution in [0.1, 0.15) is 19.8 Å². The van der Waals surface area contributed by atoms with Crippen LogP contribution in [0.4, 0.5) is 0 Å². The number of hydrogen-bond acceptors (Lipinski definition) is 6. The molecule has 0 radical (unpaired) electrons. The Morgan fingerprint density at radius 2 is 2.27 bits per heavy atom. The summed E-state index contributed by atoms with van der Waals surface area (Å²) in [5.74, 6) is 0.338. The van der Waals surface area contributed by atoms with Crippen molar-refractivity contribution in [2.75, 3.05) is 39.8 Å². The highest BCUT2D eigenvalue weighted by Crippen LogP contribution is 2.18. The summed E-state index contributed by atoms with van der Waals surface area (Å²) in [4.78, 5) is 18.2. The Balaban J connectivity index is 1.81. The lowest BCUT2D eigenvalue weighted by Gasteiger charge is -2.33. The average Bonchev–Trinajstić information content (AvgIpc) is 3.18. The first-order chi connectivity index (χ1) is 12.5. The predicted molar refractivity (Wildman–Crippen MR) is 102 cm³/mol. The van der Waals surface area contributed by atoms with E-state index in [1.54, 1.807) is 31.5 Å². The van der Waals surface area contributed by atoms with Gasteiger partial charge in [0.15, 0.2) is 5.96 Å². The molecule has 0 spiro atoms. The van der Waals surface area contributed by atoms with Gasteiger partial charge in [0, 0.05) is 33.2 Å². The normalized spacial score (nSPS) is 18.6. The van der Waals surface area contributed by atoms with Gasteiger partial charge in [-0.2, -0.15) is 0 Å². The number of piperidine rings is 1. The number of ether oxygens (including phenoxy) is 1. The zero-order valence-electron chi connectivity index (χ0n) is 15.1. The minimum absolute atomic E-state index is 0.153. The molecule has 0 aromatic carbocycles. The van der Waals surface area contributed by atoms with E-state index in [-0.39, 0.29) is 18.4 Å². The number of likely N-dealkylation sites (tertiary alicyclic amines) is 1. The molecule has 1 saturated heterocycles. The molecule has 2 N–H and O–H groups in total. The Bertz CT molecular complexity index is 704. The highest BCUT2D eigenvalue weighted by atomic mass is 32.2. The second kappa shape index (κ2) is 9.89. The van der Waals surface area contributed by atoms with E-state index in [1.165, 1.54) is 11.3 Å². The van der Waals surface area contributed by atoms with E-state index >= 15 is 0 Å². The first-order valence-corrected chi connectivity index (χ1v) is 11.0.